The first-order valence-corrected chi connectivity index (χ1v) is 4.90. The number of likely N-dealkylation sites (tertiary alicyclic amines) is 1. The van der Waals surface area contributed by atoms with Crippen molar-refractivity contribution in [2.75, 3.05) is 18.4 Å². The lowest BCUT2D eigenvalue weighted by Gasteiger charge is -2.14. The SMILES string of the molecule is O=C(O)N1C[C@@H]2C(CBr)[C@@H]2C1. The van der Waals surface area contributed by atoms with E-state index in [4.69, 9.17) is 5.11 Å². The van der Waals surface area contributed by atoms with E-state index >= 15 is 0 Å². The van der Waals surface area contributed by atoms with Gasteiger partial charge in [0.1, 0.15) is 0 Å². The Bertz CT molecular complexity index is 185. The average Bonchev–Trinajstić information content (AvgIpc) is 2.41. The second-order valence-corrected chi connectivity index (χ2v) is 3.98. The van der Waals surface area contributed by atoms with E-state index in [1.165, 1.54) is 4.90 Å². The molecule has 3 atom stereocenters. The molecule has 11 heavy (non-hydrogen) atoms. The molecule has 0 spiro atoms. The Morgan fingerprint density at radius 1 is 1.55 bits per heavy atom. The smallest absolute Gasteiger partial charge is 0.407 e. The van der Waals surface area contributed by atoms with Crippen LogP contribution in [0.25, 0.3) is 0 Å². The van der Waals surface area contributed by atoms with Gasteiger partial charge in [0.2, 0.25) is 0 Å². The first-order chi connectivity index (χ1) is 5.24. The number of hydrogen-bond acceptors (Lipinski definition) is 1. The zero-order chi connectivity index (χ0) is 8.01. The number of carbonyl (C=O) groups is 1. The molecule has 1 heterocycles. The molecule has 1 aliphatic heterocycles. The minimum absolute atomic E-state index is 0.658. The molecule has 1 saturated heterocycles. The molecular weight excluding hydrogens is 210 g/mol. The molecule has 1 unspecified atom stereocenters. The van der Waals surface area contributed by atoms with Gasteiger partial charge in [-0.15, -0.1) is 0 Å². The van der Waals surface area contributed by atoms with Crippen molar-refractivity contribution in [2.45, 2.75) is 0 Å². The molecule has 2 fully saturated rings. The van der Waals surface area contributed by atoms with E-state index in [9.17, 15) is 4.79 Å². The fourth-order valence-corrected chi connectivity index (χ4v) is 2.99. The molecule has 2 aliphatic rings. The van der Waals surface area contributed by atoms with Gasteiger partial charge >= 0.3 is 6.09 Å². The fraction of sp³-hybridized carbons (Fsp3) is 0.857. The Hall–Kier alpha value is -0.250. The van der Waals surface area contributed by atoms with Crippen molar-refractivity contribution >= 4 is 22.0 Å². The zero-order valence-electron chi connectivity index (χ0n) is 6.03. The summed E-state index contributed by atoms with van der Waals surface area (Å²) in [6.45, 7) is 1.52. The second kappa shape index (κ2) is 2.37. The third kappa shape index (κ3) is 1.04. The van der Waals surface area contributed by atoms with E-state index in [-0.39, 0.29) is 0 Å². The van der Waals surface area contributed by atoms with Gasteiger partial charge in [0.25, 0.3) is 0 Å². The predicted octanol–water partition coefficient (Wildman–Crippen LogP) is 1.24. The van der Waals surface area contributed by atoms with Crippen LogP contribution in [-0.2, 0) is 0 Å². The van der Waals surface area contributed by atoms with Gasteiger partial charge in [-0.25, -0.2) is 4.79 Å². The van der Waals surface area contributed by atoms with Crippen molar-refractivity contribution < 1.29 is 9.90 Å². The summed E-state index contributed by atoms with van der Waals surface area (Å²) < 4.78 is 0. The topological polar surface area (TPSA) is 40.5 Å². The summed E-state index contributed by atoms with van der Waals surface area (Å²) in [6, 6.07) is 0. The van der Waals surface area contributed by atoms with Crippen LogP contribution in [0.5, 0.6) is 0 Å². The second-order valence-electron chi connectivity index (χ2n) is 3.33. The van der Waals surface area contributed by atoms with E-state index in [1.807, 2.05) is 0 Å². The van der Waals surface area contributed by atoms with Crippen LogP contribution in [0.15, 0.2) is 0 Å². The van der Waals surface area contributed by atoms with E-state index in [0.717, 1.165) is 24.3 Å². The molecule has 1 saturated carbocycles. The monoisotopic (exact) mass is 219 g/mol. The summed E-state index contributed by atoms with van der Waals surface area (Å²) in [5.74, 6) is 2.07. The molecule has 0 bridgehead atoms. The number of piperidine rings is 1. The normalized spacial score (nSPS) is 40.5. The van der Waals surface area contributed by atoms with Gasteiger partial charge < -0.3 is 10.0 Å². The minimum Gasteiger partial charge on any atom is -0.465 e. The summed E-state index contributed by atoms with van der Waals surface area (Å²) in [5.41, 5.74) is 0. The van der Waals surface area contributed by atoms with E-state index < -0.39 is 6.09 Å². The highest BCUT2D eigenvalue weighted by molar-refractivity contribution is 9.09. The van der Waals surface area contributed by atoms with Crippen LogP contribution in [0.3, 0.4) is 0 Å². The standard InChI is InChI=1S/C7H10BrNO2/c8-1-4-5-2-9(7(10)11)3-6(4)5/h4-6H,1-3H2,(H,10,11)/t4?,5-,6+. The van der Waals surface area contributed by atoms with Gasteiger partial charge in [-0.3, -0.25) is 0 Å². The molecule has 1 amide bonds. The van der Waals surface area contributed by atoms with Gasteiger partial charge in [0.05, 0.1) is 0 Å². The number of fused-ring (bicyclic) bond motifs is 1. The number of carboxylic acid groups (broad SMARTS) is 1. The number of amides is 1. The summed E-state index contributed by atoms with van der Waals surface area (Å²) in [7, 11) is 0. The van der Waals surface area contributed by atoms with Crippen LogP contribution in [0.4, 0.5) is 4.79 Å². The molecule has 0 aromatic rings. The molecule has 0 aromatic heterocycles. The summed E-state index contributed by atoms with van der Waals surface area (Å²) in [5, 5.41) is 9.66. The maximum Gasteiger partial charge on any atom is 0.407 e. The Kier molecular flexibility index (Phi) is 1.59. The number of rotatable bonds is 1. The Labute approximate surface area is 73.5 Å². The van der Waals surface area contributed by atoms with Crippen molar-refractivity contribution in [1.82, 2.24) is 4.90 Å². The Morgan fingerprint density at radius 2 is 2.09 bits per heavy atom. The third-order valence-corrected chi connectivity index (χ3v) is 3.57. The van der Waals surface area contributed by atoms with Crippen LogP contribution < -0.4 is 0 Å². The van der Waals surface area contributed by atoms with E-state index in [1.54, 1.807) is 0 Å². The van der Waals surface area contributed by atoms with Crippen LogP contribution >= 0.6 is 15.9 Å². The maximum atomic E-state index is 10.5. The molecular formula is C7H10BrNO2. The zero-order valence-corrected chi connectivity index (χ0v) is 7.62. The van der Waals surface area contributed by atoms with E-state index in [0.29, 0.717) is 11.8 Å². The van der Waals surface area contributed by atoms with Crippen LogP contribution in [-0.4, -0.2) is 34.5 Å². The van der Waals surface area contributed by atoms with Gasteiger partial charge in [0.15, 0.2) is 0 Å². The maximum absolute atomic E-state index is 10.5. The summed E-state index contributed by atoms with van der Waals surface area (Å²) in [4.78, 5) is 12.0. The lowest BCUT2D eigenvalue weighted by molar-refractivity contribution is 0.149. The highest BCUT2D eigenvalue weighted by atomic mass is 79.9. The van der Waals surface area contributed by atoms with E-state index in [2.05, 4.69) is 15.9 Å². The number of nitrogens with zero attached hydrogens (tertiary/aromatic N) is 1. The highest BCUT2D eigenvalue weighted by Crippen LogP contribution is 2.52. The molecule has 4 heteroatoms. The highest BCUT2D eigenvalue weighted by Gasteiger charge is 2.55. The Balaban J connectivity index is 1.89. The number of alkyl halides is 1. The third-order valence-electron chi connectivity index (χ3n) is 2.82. The van der Waals surface area contributed by atoms with Crippen molar-refractivity contribution in [3.63, 3.8) is 0 Å². The van der Waals surface area contributed by atoms with Crippen molar-refractivity contribution in [3.05, 3.63) is 0 Å². The molecule has 1 N–H and O–H groups in total. The Morgan fingerprint density at radius 3 is 2.45 bits per heavy atom. The average molecular weight is 220 g/mol. The minimum atomic E-state index is -0.759. The predicted molar refractivity (Wildman–Crippen MR) is 43.9 cm³/mol. The van der Waals surface area contributed by atoms with Crippen LogP contribution in [0.2, 0.25) is 0 Å². The first-order valence-electron chi connectivity index (χ1n) is 3.78. The molecule has 0 radical (unpaired) electrons. The van der Waals surface area contributed by atoms with Gasteiger partial charge in [-0.2, -0.15) is 0 Å². The fourth-order valence-electron chi connectivity index (χ4n) is 2.03. The summed E-state index contributed by atoms with van der Waals surface area (Å²) >= 11 is 3.42. The number of halogens is 1. The molecule has 0 aromatic carbocycles. The van der Waals surface area contributed by atoms with Crippen molar-refractivity contribution in [1.29, 1.82) is 0 Å². The molecule has 2 rings (SSSR count). The quantitative estimate of drug-likeness (QED) is 0.675. The van der Waals surface area contributed by atoms with Gasteiger partial charge in [-0.05, 0) is 17.8 Å². The lowest BCUT2D eigenvalue weighted by Crippen LogP contribution is -2.29. The van der Waals surface area contributed by atoms with Crippen molar-refractivity contribution in [2.24, 2.45) is 17.8 Å². The van der Waals surface area contributed by atoms with Crippen molar-refractivity contribution in [3.8, 4) is 0 Å². The molecule has 3 nitrogen and oxygen atoms in total. The number of hydrogen-bond donors (Lipinski definition) is 1. The summed E-state index contributed by atoms with van der Waals surface area (Å²) in [6.07, 6.45) is -0.759. The van der Waals surface area contributed by atoms with Gasteiger partial charge in [-0.1, -0.05) is 15.9 Å². The van der Waals surface area contributed by atoms with Crippen LogP contribution in [0.1, 0.15) is 0 Å². The lowest BCUT2D eigenvalue weighted by atomic mass is 10.3. The molecule has 1 aliphatic carbocycles. The first kappa shape index (κ1) is 7.40. The largest absolute Gasteiger partial charge is 0.465 e. The molecule has 62 valence electrons. The van der Waals surface area contributed by atoms with Crippen LogP contribution in [0, 0.1) is 17.8 Å². The van der Waals surface area contributed by atoms with Gasteiger partial charge in [0, 0.05) is 18.4 Å².